The van der Waals surface area contributed by atoms with Crippen molar-refractivity contribution in [1.29, 1.82) is 0 Å². The Morgan fingerprint density at radius 3 is 2.38 bits per heavy atom. The summed E-state index contributed by atoms with van der Waals surface area (Å²) in [5, 5.41) is 9.98. The van der Waals surface area contributed by atoms with E-state index < -0.39 is 23.8 Å². The number of carbonyl (C=O) groups is 2. The van der Waals surface area contributed by atoms with Crippen LogP contribution in [0.5, 0.6) is 11.5 Å². The van der Waals surface area contributed by atoms with Crippen LogP contribution in [0.1, 0.15) is 44.6 Å². The molecule has 0 aliphatic carbocycles. The molecule has 0 fully saturated rings. The number of halogens is 1. The van der Waals surface area contributed by atoms with Crippen LogP contribution in [0.15, 0.2) is 47.1 Å². The number of ether oxygens (including phenoxy) is 2. The van der Waals surface area contributed by atoms with Crippen molar-refractivity contribution in [3.8, 4) is 11.5 Å². The Labute approximate surface area is 179 Å². The molecule has 0 saturated heterocycles. The quantitative estimate of drug-likeness (QED) is 0.424. The van der Waals surface area contributed by atoms with Crippen molar-refractivity contribution in [3.05, 3.63) is 52.8 Å². The molecule has 0 unspecified atom stereocenters. The number of ketones is 1. The van der Waals surface area contributed by atoms with Crippen LogP contribution in [-0.4, -0.2) is 34.1 Å². The van der Waals surface area contributed by atoms with E-state index in [9.17, 15) is 14.7 Å². The first kappa shape index (κ1) is 22.9. The van der Waals surface area contributed by atoms with E-state index in [1.165, 1.54) is 12.3 Å². The minimum Gasteiger partial charge on any atom is -0.504 e. The molecule has 7 heteroatoms. The number of nitrogens with zero attached hydrogens (tertiary/aromatic N) is 1. The van der Waals surface area contributed by atoms with Crippen molar-refractivity contribution in [3.63, 3.8) is 0 Å². The normalized spacial score (nSPS) is 14.1. The van der Waals surface area contributed by atoms with Crippen LogP contribution in [0, 0.1) is 11.8 Å². The molecule has 1 heterocycles. The first-order valence-electron chi connectivity index (χ1n) is 9.49. The molecule has 1 aromatic heterocycles. The number of hydrogen-bond donors (Lipinski definition) is 1. The molecule has 1 N–H and O–H groups in total. The van der Waals surface area contributed by atoms with Gasteiger partial charge >= 0.3 is 5.97 Å². The van der Waals surface area contributed by atoms with Gasteiger partial charge in [-0.1, -0.05) is 39.0 Å². The monoisotopic (exact) mass is 463 g/mol. The lowest BCUT2D eigenvalue weighted by molar-refractivity contribution is -0.158. The highest BCUT2D eigenvalue weighted by Gasteiger charge is 2.29. The Kier molecular flexibility index (Phi) is 8.20. The SMILES string of the molecule is CC(C)[C@@H](Oc1ccccc1)[C@H](C)OC(=O)[C@H](C)CC(=O)c1nccc(Br)c1O. The fourth-order valence-corrected chi connectivity index (χ4v) is 3.20. The highest BCUT2D eigenvalue weighted by Crippen LogP contribution is 2.27. The summed E-state index contributed by atoms with van der Waals surface area (Å²) in [5.41, 5.74) is -0.0699. The number of carbonyl (C=O) groups excluding carboxylic acids is 2. The van der Waals surface area contributed by atoms with Crippen molar-refractivity contribution in [2.45, 2.75) is 46.3 Å². The summed E-state index contributed by atoms with van der Waals surface area (Å²) in [5.74, 6) is -1.03. The molecular weight excluding hydrogens is 438 g/mol. The Balaban J connectivity index is 1.99. The van der Waals surface area contributed by atoms with Crippen LogP contribution in [0.2, 0.25) is 0 Å². The standard InChI is InChI=1S/C22H26BrNO5/c1-13(2)21(29-16-8-6-5-7-9-16)15(4)28-22(27)14(3)12-18(25)19-20(26)17(23)10-11-24-19/h5-11,13-15,21,26H,12H2,1-4H3/t14-,15+,21-/m1/s1. The molecule has 3 atom stereocenters. The maximum absolute atomic E-state index is 12.5. The smallest absolute Gasteiger partial charge is 0.309 e. The Morgan fingerprint density at radius 2 is 1.76 bits per heavy atom. The van der Waals surface area contributed by atoms with Crippen molar-refractivity contribution >= 4 is 27.7 Å². The van der Waals surface area contributed by atoms with Crippen molar-refractivity contribution in [1.82, 2.24) is 4.98 Å². The van der Waals surface area contributed by atoms with Gasteiger partial charge in [0.25, 0.3) is 0 Å². The van der Waals surface area contributed by atoms with Crippen LogP contribution < -0.4 is 4.74 Å². The summed E-state index contributed by atoms with van der Waals surface area (Å²) >= 11 is 3.15. The van der Waals surface area contributed by atoms with Gasteiger partial charge in [-0.3, -0.25) is 9.59 Å². The number of benzene rings is 1. The second-order valence-electron chi connectivity index (χ2n) is 7.30. The van der Waals surface area contributed by atoms with Crippen LogP contribution in [0.3, 0.4) is 0 Å². The molecule has 0 spiro atoms. The van der Waals surface area contributed by atoms with E-state index in [0.29, 0.717) is 10.2 Å². The largest absolute Gasteiger partial charge is 0.504 e. The lowest BCUT2D eigenvalue weighted by atomic mass is 10.0. The van der Waals surface area contributed by atoms with Gasteiger partial charge in [0, 0.05) is 12.6 Å². The molecule has 0 bridgehead atoms. The van der Waals surface area contributed by atoms with Crippen molar-refractivity contribution in [2.75, 3.05) is 0 Å². The molecule has 0 aliphatic rings. The third-order valence-electron chi connectivity index (χ3n) is 4.47. The number of para-hydroxylation sites is 1. The lowest BCUT2D eigenvalue weighted by Crippen LogP contribution is -2.38. The molecule has 1 aromatic carbocycles. The zero-order chi connectivity index (χ0) is 21.6. The number of esters is 1. The predicted molar refractivity (Wildman–Crippen MR) is 113 cm³/mol. The van der Waals surface area contributed by atoms with Gasteiger partial charge < -0.3 is 14.6 Å². The zero-order valence-electron chi connectivity index (χ0n) is 17.0. The molecule has 156 valence electrons. The van der Waals surface area contributed by atoms with Gasteiger partial charge in [0.2, 0.25) is 0 Å². The molecule has 29 heavy (non-hydrogen) atoms. The van der Waals surface area contributed by atoms with Crippen LogP contribution >= 0.6 is 15.9 Å². The van der Waals surface area contributed by atoms with E-state index in [-0.39, 0.29) is 29.9 Å². The zero-order valence-corrected chi connectivity index (χ0v) is 18.5. The number of rotatable bonds is 9. The van der Waals surface area contributed by atoms with E-state index in [0.717, 1.165) is 0 Å². The summed E-state index contributed by atoms with van der Waals surface area (Å²) in [6.07, 6.45) is 0.461. The minimum atomic E-state index is -0.685. The predicted octanol–water partition coefficient (Wildman–Crippen LogP) is 4.79. The first-order chi connectivity index (χ1) is 13.7. The van der Waals surface area contributed by atoms with Crippen LogP contribution in [0.4, 0.5) is 0 Å². The number of hydrogen-bond acceptors (Lipinski definition) is 6. The van der Waals surface area contributed by atoms with Gasteiger partial charge in [0.05, 0.1) is 10.4 Å². The van der Waals surface area contributed by atoms with E-state index >= 15 is 0 Å². The fourth-order valence-electron chi connectivity index (χ4n) is 2.89. The summed E-state index contributed by atoms with van der Waals surface area (Å²) in [6.45, 7) is 7.38. The van der Waals surface area contributed by atoms with Crippen molar-refractivity contribution in [2.24, 2.45) is 11.8 Å². The maximum Gasteiger partial charge on any atom is 0.309 e. The summed E-state index contributed by atoms with van der Waals surface area (Å²) < 4.78 is 12.0. The van der Waals surface area contributed by atoms with Gasteiger partial charge in [0.1, 0.15) is 23.7 Å². The number of aromatic hydroxyl groups is 1. The topological polar surface area (TPSA) is 85.7 Å². The summed E-state index contributed by atoms with van der Waals surface area (Å²) in [6, 6.07) is 10.9. The molecule has 0 aliphatic heterocycles. The Bertz CT molecular complexity index is 840. The number of pyridine rings is 1. The van der Waals surface area contributed by atoms with Gasteiger partial charge in [-0.25, -0.2) is 4.98 Å². The molecular formula is C22H26BrNO5. The molecule has 0 radical (unpaired) electrons. The van der Waals surface area contributed by atoms with Gasteiger partial charge in [0.15, 0.2) is 11.5 Å². The molecule has 0 saturated carbocycles. The maximum atomic E-state index is 12.5. The average Bonchev–Trinajstić information content (AvgIpc) is 2.68. The highest BCUT2D eigenvalue weighted by molar-refractivity contribution is 9.10. The summed E-state index contributed by atoms with van der Waals surface area (Å²) in [7, 11) is 0. The first-order valence-corrected chi connectivity index (χ1v) is 10.3. The molecule has 0 amide bonds. The molecule has 2 rings (SSSR count). The van der Waals surface area contributed by atoms with Crippen molar-refractivity contribution < 1.29 is 24.2 Å². The Hall–Kier alpha value is -2.41. The molecule has 2 aromatic rings. The average molecular weight is 464 g/mol. The third kappa shape index (κ3) is 6.29. The van der Waals surface area contributed by atoms with E-state index in [1.54, 1.807) is 13.8 Å². The highest BCUT2D eigenvalue weighted by atomic mass is 79.9. The van der Waals surface area contributed by atoms with Crippen LogP contribution in [0.25, 0.3) is 0 Å². The third-order valence-corrected chi connectivity index (χ3v) is 5.11. The van der Waals surface area contributed by atoms with E-state index in [4.69, 9.17) is 9.47 Å². The van der Waals surface area contributed by atoms with Gasteiger partial charge in [-0.05, 0) is 47.0 Å². The van der Waals surface area contributed by atoms with Gasteiger partial charge in [-0.15, -0.1) is 0 Å². The fraction of sp³-hybridized carbons (Fsp3) is 0.409. The second kappa shape index (κ2) is 10.4. The van der Waals surface area contributed by atoms with E-state index in [1.807, 2.05) is 44.2 Å². The minimum absolute atomic E-state index is 0.0699. The van der Waals surface area contributed by atoms with E-state index in [2.05, 4.69) is 20.9 Å². The Morgan fingerprint density at radius 1 is 1.10 bits per heavy atom. The molecule has 6 nitrogen and oxygen atoms in total. The number of aromatic nitrogens is 1. The second-order valence-corrected chi connectivity index (χ2v) is 8.15. The number of Topliss-reactive ketones (excluding diaryl/α,β-unsaturated/α-hetero) is 1. The lowest BCUT2D eigenvalue weighted by Gasteiger charge is -2.29. The van der Waals surface area contributed by atoms with Crippen LogP contribution in [-0.2, 0) is 9.53 Å². The van der Waals surface area contributed by atoms with Gasteiger partial charge in [-0.2, -0.15) is 0 Å². The summed E-state index contributed by atoms with van der Waals surface area (Å²) in [4.78, 5) is 28.9.